The van der Waals surface area contributed by atoms with E-state index < -0.39 is 5.60 Å². The second kappa shape index (κ2) is 6.08. The Hall–Kier alpha value is -0.850. The Balaban J connectivity index is 1.59. The number of carbonyl (C=O) groups excluding carboxylic acids is 1. The van der Waals surface area contributed by atoms with Crippen LogP contribution in [0.4, 0.5) is 0 Å². The van der Waals surface area contributed by atoms with Gasteiger partial charge in [-0.3, -0.25) is 4.79 Å². The van der Waals surface area contributed by atoms with E-state index in [1.807, 2.05) is 0 Å². The zero-order chi connectivity index (χ0) is 18.7. The summed E-state index contributed by atoms with van der Waals surface area (Å²) in [4.78, 5) is 12.3. The number of aliphatic hydroxyl groups is 2. The molecule has 3 nitrogen and oxygen atoms in total. The van der Waals surface area contributed by atoms with E-state index in [1.54, 1.807) is 0 Å². The Bertz CT molecular complexity index is 636. The minimum absolute atomic E-state index is 0.0573. The van der Waals surface area contributed by atoms with Crippen molar-refractivity contribution in [1.82, 2.24) is 0 Å². The maximum absolute atomic E-state index is 12.3. The van der Waals surface area contributed by atoms with Crippen LogP contribution in [0.3, 0.4) is 0 Å². The molecule has 0 unspecified atom stereocenters. The lowest BCUT2D eigenvalue weighted by atomic mass is 9.44. The molecule has 2 N–H and O–H groups in total. The van der Waals surface area contributed by atoms with Crippen molar-refractivity contribution in [3.05, 3.63) is 0 Å². The summed E-state index contributed by atoms with van der Waals surface area (Å²) >= 11 is 0. The highest BCUT2D eigenvalue weighted by molar-refractivity contribution is 5.83. The van der Waals surface area contributed by atoms with E-state index in [0.29, 0.717) is 23.7 Å². The molecule has 0 spiro atoms. The average Bonchev–Trinajstić information content (AvgIpc) is 2.99. The van der Waals surface area contributed by atoms with Crippen molar-refractivity contribution < 1.29 is 15.0 Å². The van der Waals surface area contributed by atoms with E-state index in [2.05, 4.69) is 19.8 Å². The summed E-state index contributed by atoms with van der Waals surface area (Å²) in [7, 11) is 0. The van der Waals surface area contributed by atoms with Crippen LogP contribution >= 0.6 is 0 Å². The molecule has 0 aromatic rings. The van der Waals surface area contributed by atoms with Crippen LogP contribution in [-0.4, -0.2) is 28.2 Å². The molecule has 4 aliphatic rings. The molecule has 0 radical (unpaired) electrons. The lowest BCUT2D eigenvalue weighted by molar-refractivity contribution is -0.146. The smallest absolute Gasteiger partial charge is 0.161 e. The Labute approximate surface area is 157 Å². The maximum Gasteiger partial charge on any atom is 0.161 e. The first-order valence-electron chi connectivity index (χ1n) is 10.6. The number of aliphatic hydroxyl groups excluding tert-OH is 1. The Kier molecular flexibility index (Phi) is 4.33. The van der Waals surface area contributed by atoms with E-state index in [-0.39, 0.29) is 29.1 Å². The summed E-state index contributed by atoms with van der Waals surface area (Å²) in [6.45, 7) is 4.48. The number of hydrogen-bond donors (Lipinski definition) is 2. The highest BCUT2D eigenvalue weighted by Gasteiger charge is 2.61. The summed E-state index contributed by atoms with van der Waals surface area (Å²) in [5.74, 6) is 5.32. The second-order valence-electron chi connectivity index (χ2n) is 10.3. The SMILES string of the molecule is C#C[C@@]1(O)CC[C@@]2(C)[C@@H](CC[C@@H]3[C@@H]2CC[C@]2(C)[C@@H](C(=O)CO)CC[C@@H]32)C1. The summed E-state index contributed by atoms with van der Waals surface area (Å²) in [5.41, 5.74) is -0.531. The lowest BCUT2D eigenvalue weighted by Gasteiger charge is -2.61. The van der Waals surface area contributed by atoms with Crippen LogP contribution < -0.4 is 0 Å². The molecule has 0 amide bonds. The van der Waals surface area contributed by atoms with Gasteiger partial charge in [-0.05, 0) is 92.3 Å². The monoisotopic (exact) mass is 358 g/mol. The third kappa shape index (κ3) is 2.45. The Morgan fingerprint density at radius 1 is 1.04 bits per heavy atom. The molecule has 4 fully saturated rings. The predicted molar refractivity (Wildman–Crippen MR) is 101 cm³/mol. The molecule has 4 rings (SSSR count). The molecule has 0 heterocycles. The van der Waals surface area contributed by atoms with Crippen LogP contribution in [0, 0.1) is 52.8 Å². The van der Waals surface area contributed by atoms with E-state index in [4.69, 9.17) is 6.42 Å². The van der Waals surface area contributed by atoms with Gasteiger partial charge in [0.25, 0.3) is 0 Å². The number of carbonyl (C=O) groups is 1. The fourth-order valence-electron chi connectivity index (χ4n) is 8.02. The van der Waals surface area contributed by atoms with E-state index in [1.165, 1.54) is 12.8 Å². The number of terminal acetylenes is 1. The van der Waals surface area contributed by atoms with Crippen molar-refractivity contribution in [2.24, 2.45) is 40.4 Å². The molecule has 0 saturated heterocycles. The van der Waals surface area contributed by atoms with Crippen molar-refractivity contribution in [2.75, 3.05) is 6.61 Å². The van der Waals surface area contributed by atoms with Gasteiger partial charge in [-0.2, -0.15) is 0 Å². The second-order valence-corrected chi connectivity index (χ2v) is 10.3. The van der Waals surface area contributed by atoms with Crippen molar-refractivity contribution in [1.29, 1.82) is 0 Å². The third-order valence-electron chi connectivity index (χ3n) is 9.54. The van der Waals surface area contributed by atoms with Gasteiger partial charge in [0, 0.05) is 5.92 Å². The molecular weight excluding hydrogens is 324 g/mol. The summed E-state index contributed by atoms with van der Waals surface area (Å²) < 4.78 is 0. The molecule has 26 heavy (non-hydrogen) atoms. The van der Waals surface area contributed by atoms with Gasteiger partial charge in [-0.15, -0.1) is 6.42 Å². The van der Waals surface area contributed by atoms with E-state index >= 15 is 0 Å². The van der Waals surface area contributed by atoms with Gasteiger partial charge in [0.2, 0.25) is 0 Å². The number of fused-ring (bicyclic) bond motifs is 5. The molecule has 0 bridgehead atoms. The largest absolute Gasteiger partial charge is 0.389 e. The van der Waals surface area contributed by atoms with Crippen molar-refractivity contribution >= 4 is 5.78 Å². The molecule has 0 aliphatic heterocycles. The van der Waals surface area contributed by atoms with Crippen LogP contribution in [0.1, 0.15) is 71.6 Å². The first-order valence-corrected chi connectivity index (χ1v) is 10.6. The van der Waals surface area contributed by atoms with Gasteiger partial charge in [0.15, 0.2) is 5.78 Å². The first kappa shape index (κ1) is 18.5. The van der Waals surface area contributed by atoms with Crippen LogP contribution in [0.15, 0.2) is 0 Å². The highest BCUT2D eigenvalue weighted by atomic mass is 16.3. The fourth-order valence-corrected chi connectivity index (χ4v) is 8.02. The van der Waals surface area contributed by atoms with Crippen molar-refractivity contribution in [3.63, 3.8) is 0 Å². The van der Waals surface area contributed by atoms with Gasteiger partial charge in [0.1, 0.15) is 12.2 Å². The van der Waals surface area contributed by atoms with Crippen molar-refractivity contribution in [2.45, 2.75) is 77.2 Å². The minimum atomic E-state index is -0.897. The molecule has 144 valence electrons. The van der Waals surface area contributed by atoms with Crippen LogP contribution in [-0.2, 0) is 4.79 Å². The Morgan fingerprint density at radius 2 is 1.77 bits per heavy atom. The number of hydrogen-bond acceptors (Lipinski definition) is 3. The maximum atomic E-state index is 12.3. The molecule has 3 heteroatoms. The van der Waals surface area contributed by atoms with Crippen LogP contribution in [0.25, 0.3) is 0 Å². The third-order valence-corrected chi connectivity index (χ3v) is 9.54. The van der Waals surface area contributed by atoms with Gasteiger partial charge >= 0.3 is 0 Å². The molecule has 0 aromatic heterocycles. The van der Waals surface area contributed by atoms with Gasteiger partial charge in [-0.1, -0.05) is 19.8 Å². The van der Waals surface area contributed by atoms with E-state index in [0.717, 1.165) is 44.9 Å². The quantitative estimate of drug-likeness (QED) is 0.742. The predicted octanol–water partition coefficient (Wildman–Crippen LogP) is 3.57. The zero-order valence-corrected chi connectivity index (χ0v) is 16.3. The van der Waals surface area contributed by atoms with Crippen LogP contribution in [0.5, 0.6) is 0 Å². The zero-order valence-electron chi connectivity index (χ0n) is 16.3. The summed E-state index contributed by atoms with van der Waals surface area (Å²) in [5, 5.41) is 20.1. The average molecular weight is 359 g/mol. The number of Topliss-reactive ketones (excluding diaryl/α,β-unsaturated/α-hetero) is 1. The topological polar surface area (TPSA) is 57.5 Å². The fraction of sp³-hybridized carbons (Fsp3) is 0.870. The number of ketones is 1. The summed E-state index contributed by atoms with van der Waals surface area (Å²) in [6, 6.07) is 0. The van der Waals surface area contributed by atoms with Gasteiger partial charge in [-0.25, -0.2) is 0 Å². The lowest BCUT2D eigenvalue weighted by Crippen LogP contribution is -2.56. The summed E-state index contributed by atoms with van der Waals surface area (Å²) in [6.07, 6.45) is 14.9. The number of rotatable bonds is 2. The molecule has 4 saturated carbocycles. The molecule has 0 aromatic carbocycles. The standard InChI is InChI=1S/C23H34O3/c1-4-23(26)12-11-21(2)15(13-23)5-6-16-17-7-8-19(20(25)14-24)22(17,3)10-9-18(16)21/h1,15-19,24,26H,5-14H2,2-3H3/t15-,16-,17-,18-,19+,21-,22-,23+/m0/s1. The van der Waals surface area contributed by atoms with Crippen LogP contribution in [0.2, 0.25) is 0 Å². The normalized spacial score (nSPS) is 53.1. The van der Waals surface area contributed by atoms with Crippen molar-refractivity contribution in [3.8, 4) is 12.3 Å². The minimum Gasteiger partial charge on any atom is -0.389 e. The molecule has 4 aliphatic carbocycles. The highest BCUT2D eigenvalue weighted by Crippen LogP contribution is 2.68. The van der Waals surface area contributed by atoms with Gasteiger partial charge < -0.3 is 10.2 Å². The first-order chi connectivity index (χ1) is 12.3. The Morgan fingerprint density at radius 3 is 2.46 bits per heavy atom. The van der Waals surface area contributed by atoms with E-state index in [9.17, 15) is 15.0 Å². The molecular formula is C23H34O3. The van der Waals surface area contributed by atoms with Gasteiger partial charge in [0.05, 0.1) is 0 Å². The molecule has 8 atom stereocenters.